The minimum absolute atomic E-state index is 0.189. The fraction of sp³-hybridized carbons (Fsp3) is 0.875. The molecule has 0 amide bonds. The van der Waals surface area contributed by atoms with Crippen molar-refractivity contribution in [1.82, 2.24) is 0 Å². The molecule has 0 aromatic heterocycles. The molecule has 0 aliphatic rings. The maximum absolute atomic E-state index is 5.05. The summed E-state index contributed by atoms with van der Waals surface area (Å²) >= 11 is 0. The number of nitrogens with zero attached hydrogens (tertiary/aromatic N) is 1. The van der Waals surface area contributed by atoms with Gasteiger partial charge in [-0.15, -0.1) is 0 Å². The lowest BCUT2D eigenvalue weighted by molar-refractivity contribution is 0.0847. The topological polar surface area (TPSA) is 21.6 Å². The molecular formula is C8H17NO. The Bertz CT molecular complexity index is 116. The zero-order valence-electron chi connectivity index (χ0n) is 7.51. The van der Waals surface area contributed by atoms with Crippen molar-refractivity contribution in [2.24, 2.45) is 11.1 Å². The van der Waals surface area contributed by atoms with Crippen LogP contribution in [0.15, 0.2) is 5.16 Å². The molecule has 0 radical (unpaired) electrons. The summed E-state index contributed by atoms with van der Waals surface area (Å²) in [4.78, 5) is 5.05. The molecule has 0 aromatic carbocycles. The molecule has 0 N–H and O–H groups in total. The molecule has 0 bridgehead atoms. The van der Waals surface area contributed by atoms with Crippen molar-refractivity contribution in [3.8, 4) is 0 Å². The van der Waals surface area contributed by atoms with Crippen LogP contribution >= 0.6 is 0 Å². The van der Waals surface area contributed by atoms with Gasteiger partial charge in [0.25, 0.3) is 0 Å². The Morgan fingerprint density at radius 2 is 1.70 bits per heavy atom. The Labute approximate surface area is 63.3 Å². The average molecular weight is 143 g/mol. The van der Waals surface area contributed by atoms with E-state index in [2.05, 4.69) is 19.0 Å². The first-order valence-corrected chi connectivity index (χ1v) is 3.74. The first-order chi connectivity index (χ1) is 4.54. The summed E-state index contributed by atoms with van der Waals surface area (Å²) in [6.45, 7) is 10.1. The standard InChI is InChI=1S/C8H17NO/c1-6(2)8(5)9-10-7(3)4/h6-7H,1-5H3/b9-8+. The minimum atomic E-state index is 0.189. The van der Waals surface area contributed by atoms with Crippen LogP contribution in [0.4, 0.5) is 0 Å². The quantitative estimate of drug-likeness (QED) is 0.439. The zero-order valence-corrected chi connectivity index (χ0v) is 7.51. The Balaban J connectivity index is 3.69. The number of hydrogen-bond donors (Lipinski definition) is 0. The second kappa shape index (κ2) is 4.31. The van der Waals surface area contributed by atoms with Gasteiger partial charge in [-0.1, -0.05) is 19.0 Å². The van der Waals surface area contributed by atoms with E-state index in [-0.39, 0.29) is 6.10 Å². The van der Waals surface area contributed by atoms with Crippen molar-refractivity contribution >= 4 is 5.71 Å². The van der Waals surface area contributed by atoms with Crippen LogP contribution in [0.2, 0.25) is 0 Å². The molecule has 0 spiro atoms. The third-order valence-corrected chi connectivity index (χ3v) is 1.24. The van der Waals surface area contributed by atoms with E-state index in [0.717, 1.165) is 5.71 Å². The van der Waals surface area contributed by atoms with E-state index in [1.54, 1.807) is 0 Å². The fourth-order valence-electron chi connectivity index (χ4n) is 0.294. The first kappa shape index (κ1) is 9.47. The van der Waals surface area contributed by atoms with Crippen LogP contribution in [-0.2, 0) is 4.84 Å². The van der Waals surface area contributed by atoms with Gasteiger partial charge in [0.05, 0.1) is 5.71 Å². The predicted molar refractivity (Wildman–Crippen MR) is 44.2 cm³/mol. The van der Waals surface area contributed by atoms with Crippen LogP contribution in [-0.4, -0.2) is 11.8 Å². The van der Waals surface area contributed by atoms with Gasteiger partial charge in [-0.05, 0) is 26.7 Å². The van der Waals surface area contributed by atoms with E-state index in [1.165, 1.54) is 0 Å². The summed E-state index contributed by atoms with van der Waals surface area (Å²) in [6.07, 6.45) is 0.189. The van der Waals surface area contributed by atoms with E-state index >= 15 is 0 Å². The van der Waals surface area contributed by atoms with Gasteiger partial charge in [-0.3, -0.25) is 0 Å². The Morgan fingerprint density at radius 1 is 1.20 bits per heavy atom. The Kier molecular flexibility index (Phi) is 4.08. The minimum Gasteiger partial charge on any atom is -0.393 e. The van der Waals surface area contributed by atoms with Crippen molar-refractivity contribution in [1.29, 1.82) is 0 Å². The molecule has 2 nitrogen and oxygen atoms in total. The van der Waals surface area contributed by atoms with Crippen molar-refractivity contribution < 1.29 is 4.84 Å². The third kappa shape index (κ3) is 4.36. The second-order valence-corrected chi connectivity index (χ2v) is 3.04. The Hall–Kier alpha value is -0.530. The number of rotatable bonds is 3. The van der Waals surface area contributed by atoms with Crippen molar-refractivity contribution in [2.75, 3.05) is 0 Å². The molecule has 0 fully saturated rings. The monoisotopic (exact) mass is 143 g/mol. The van der Waals surface area contributed by atoms with Gasteiger partial charge in [-0.25, -0.2) is 0 Å². The maximum atomic E-state index is 5.05. The highest BCUT2D eigenvalue weighted by molar-refractivity contribution is 5.83. The molecule has 0 unspecified atom stereocenters. The SMILES string of the molecule is C/C(=N\OC(C)C)C(C)C. The predicted octanol–water partition coefficient (Wildman–Crippen LogP) is 2.44. The summed E-state index contributed by atoms with van der Waals surface area (Å²) in [5.41, 5.74) is 1.05. The fourth-order valence-corrected chi connectivity index (χ4v) is 0.294. The van der Waals surface area contributed by atoms with Crippen molar-refractivity contribution in [3.05, 3.63) is 0 Å². The van der Waals surface area contributed by atoms with Crippen LogP contribution in [0.1, 0.15) is 34.6 Å². The van der Waals surface area contributed by atoms with E-state index in [1.807, 2.05) is 20.8 Å². The molecule has 60 valence electrons. The average Bonchev–Trinajstić information content (AvgIpc) is 1.82. The molecule has 0 aliphatic heterocycles. The molecule has 10 heavy (non-hydrogen) atoms. The molecule has 0 rings (SSSR count). The lowest BCUT2D eigenvalue weighted by Crippen LogP contribution is -2.05. The molecule has 0 aliphatic carbocycles. The van der Waals surface area contributed by atoms with Gasteiger partial charge in [0.2, 0.25) is 0 Å². The highest BCUT2D eigenvalue weighted by Gasteiger charge is 1.98. The lowest BCUT2D eigenvalue weighted by atomic mass is 10.1. The summed E-state index contributed by atoms with van der Waals surface area (Å²) in [7, 11) is 0. The molecule has 0 saturated heterocycles. The second-order valence-electron chi connectivity index (χ2n) is 3.04. The van der Waals surface area contributed by atoms with Gasteiger partial charge in [0.15, 0.2) is 0 Å². The van der Waals surface area contributed by atoms with Gasteiger partial charge in [0.1, 0.15) is 6.10 Å². The van der Waals surface area contributed by atoms with Gasteiger partial charge in [0, 0.05) is 0 Å². The van der Waals surface area contributed by atoms with E-state index < -0.39 is 0 Å². The van der Waals surface area contributed by atoms with Gasteiger partial charge >= 0.3 is 0 Å². The van der Waals surface area contributed by atoms with Crippen molar-refractivity contribution in [2.45, 2.75) is 40.7 Å². The normalized spacial score (nSPS) is 12.9. The van der Waals surface area contributed by atoms with Crippen LogP contribution in [0.25, 0.3) is 0 Å². The molecular weight excluding hydrogens is 126 g/mol. The molecule has 0 heterocycles. The molecule has 2 heteroatoms. The molecule has 0 atom stereocenters. The Morgan fingerprint density at radius 3 is 2.00 bits per heavy atom. The summed E-state index contributed by atoms with van der Waals surface area (Å²) in [5.74, 6) is 0.485. The number of oxime groups is 1. The van der Waals surface area contributed by atoms with Gasteiger partial charge in [-0.2, -0.15) is 0 Å². The molecule has 0 saturated carbocycles. The number of hydrogen-bond acceptors (Lipinski definition) is 2. The highest BCUT2D eigenvalue weighted by atomic mass is 16.6. The van der Waals surface area contributed by atoms with E-state index in [0.29, 0.717) is 5.92 Å². The lowest BCUT2D eigenvalue weighted by Gasteiger charge is -2.05. The van der Waals surface area contributed by atoms with Crippen LogP contribution in [0.3, 0.4) is 0 Å². The van der Waals surface area contributed by atoms with Crippen LogP contribution in [0, 0.1) is 5.92 Å². The molecule has 0 aromatic rings. The third-order valence-electron chi connectivity index (χ3n) is 1.24. The van der Waals surface area contributed by atoms with Crippen LogP contribution < -0.4 is 0 Å². The van der Waals surface area contributed by atoms with Gasteiger partial charge < -0.3 is 4.84 Å². The summed E-state index contributed by atoms with van der Waals surface area (Å²) < 4.78 is 0. The van der Waals surface area contributed by atoms with Crippen LogP contribution in [0.5, 0.6) is 0 Å². The largest absolute Gasteiger partial charge is 0.393 e. The summed E-state index contributed by atoms with van der Waals surface area (Å²) in [6, 6.07) is 0. The van der Waals surface area contributed by atoms with E-state index in [9.17, 15) is 0 Å². The smallest absolute Gasteiger partial charge is 0.122 e. The summed E-state index contributed by atoms with van der Waals surface area (Å²) in [5, 5.41) is 3.94. The maximum Gasteiger partial charge on any atom is 0.122 e. The first-order valence-electron chi connectivity index (χ1n) is 3.74. The highest BCUT2D eigenvalue weighted by Crippen LogP contribution is 1.98. The van der Waals surface area contributed by atoms with E-state index in [4.69, 9.17) is 4.84 Å². The van der Waals surface area contributed by atoms with Crippen molar-refractivity contribution in [3.63, 3.8) is 0 Å². The zero-order chi connectivity index (χ0) is 8.15.